The van der Waals surface area contributed by atoms with Crippen LogP contribution in [-0.2, 0) is 11.3 Å². The number of nitrogens with zero attached hydrogens (tertiary/aromatic N) is 1. The number of aliphatic carboxylic acids is 1. The van der Waals surface area contributed by atoms with Gasteiger partial charge < -0.3 is 5.11 Å². The highest BCUT2D eigenvalue weighted by Crippen LogP contribution is 2.34. The molecule has 3 rings (SSSR count). The molecule has 0 radical (unpaired) electrons. The van der Waals surface area contributed by atoms with E-state index in [0.29, 0.717) is 0 Å². The molecular formula is C16H16BrNO2S. The fraction of sp³-hybridized carbons (Fsp3) is 0.312. The van der Waals surface area contributed by atoms with Gasteiger partial charge in [0, 0.05) is 26.3 Å². The van der Waals surface area contributed by atoms with Crippen molar-refractivity contribution < 1.29 is 9.90 Å². The Morgan fingerprint density at radius 2 is 2.14 bits per heavy atom. The van der Waals surface area contributed by atoms with Crippen molar-refractivity contribution >= 4 is 33.2 Å². The third-order valence-corrected chi connectivity index (χ3v) is 5.60. The molecule has 21 heavy (non-hydrogen) atoms. The number of carboxylic acids is 1. The normalized spacial score (nSPS) is 19.0. The molecule has 0 unspecified atom stereocenters. The van der Waals surface area contributed by atoms with Crippen molar-refractivity contribution in [2.24, 2.45) is 0 Å². The van der Waals surface area contributed by atoms with Gasteiger partial charge in [0.2, 0.25) is 0 Å². The maximum Gasteiger partial charge on any atom is 0.320 e. The van der Waals surface area contributed by atoms with E-state index >= 15 is 0 Å². The van der Waals surface area contributed by atoms with Gasteiger partial charge in [-0.1, -0.05) is 34.1 Å². The first kappa shape index (κ1) is 14.8. The van der Waals surface area contributed by atoms with Gasteiger partial charge in [0.05, 0.1) is 0 Å². The van der Waals surface area contributed by atoms with Gasteiger partial charge in [0.1, 0.15) is 6.04 Å². The first-order chi connectivity index (χ1) is 10.1. The van der Waals surface area contributed by atoms with Crippen LogP contribution in [0.4, 0.5) is 0 Å². The summed E-state index contributed by atoms with van der Waals surface area (Å²) in [6.07, 6.45) is 1.73. The van der Waals surface area contributed by atoms with Gasteiger partial charge in [-0.25, -0.2) is 0 Å². The van der Waals surface area contributed by atoms with Crippen molar-refractivity contribution in [3.8, 4) is 10.4 Å². The number of carbonyl (C=O) groups is 1. The molecular weight excluding hydrogens is 350 g/mol. The second kappa shape index (κ2) is 6.30. The van der Waals surface area contributed by atoms with E-state index in [1.165, 1.54) is 15.3 Å². The van der Waals surface area contributed by atoms with E-state index in [2.05, 4.69) is 39.0 Å². The van der Waals surface area contributed by atoms with Crippen LogP contribution in [0.1, 0.15) is 17.7 Å². The molecule has 0 bridgehead atoms. The van der Waals surface area contributed by atoms with Crippen molar-refractivity contribution in [1.82, 2.24) is 4.90 Å². The molecule has 0 amide bonds. The van der Waals surface area contributed by atoms with Crippen LogP contribution >= 0.6 is 27.3 Å². The summed E-state index contributed by atoms with van der Waals surface area (Å²) in [5, 5.41) is 9.24. The lowest BCUT2D eigenvalue weighted by Crippen LogP contribution is -2.35. The lowest BCUT2D eigenvalue weighted by atomic mass is 10.2. The van der Waals surface area contributed by atoms with Gasteiger partial charge in [0.15, 0.2) is 0 Å². The predicted octanol–water partition coefficient (Wildman–Crippen LogP) is 4.23. The summed E-state index contributed by atoms with van der Waals surface area (Å²) < 4.78 is 1.09. The number of halogens is 1. The molecule has 0 spiro atoms. The van der Waals surface area contributed by atoms with E-state index in [1.807, 2.05) is 18.2 Å². The maximum atomic E-state index is 11.2. The minimum absolute atomic E-state index is 0.320. The summed E-state index contributed by atoms with van der Waals surface area (Å²) in [5.74, 6) is -0.699. The maximum absolute atomic E-state index is 11.2. The van der Waals surface area contributed by atoms with Crippen molar-refractivity contribution in [2.75, 3.05) is 6.54 Å². The monoisotopic (exact) mass is 365 g/mol. The van der Waals surface area contributed by atoms with E-state index in [0.717, 1.165) is 30.4 Å². The molecule has 1 aromatic heterocycles. The topological polar surface area (TPSA) is 40.5 Å². The van der Waals surface area contributed by atoms with Gasteiger partial charge in [-0.2, -0.15) is 0 Å². The highest BCUT2D eigenvalue weighted by atomic mass is 79.9. The van der Waals surface area contributed by atoms with Gasteiger partial charge in [0.25, 0.3) is 0 Å². The summed E-state index contributed by atoms with van der Waals surface area (Å²) in [6.45, 7) is 1.60. The number of hydrogen-bond acceptors (Lipinski definition) is 3. The minimum atomic E-state index is -0.699. The largest absolute Gasteiger partial charge is 0.480 e. The molecule has 0 aliphatic carbocycles. The third-order valence-electron chi connectivity index (χ3n) is 3.81. The van der Waals surface area contributed by atoms with Gasteiger partial charge in [-0.15, -0.1) is 11.3 Å². The number of rotatable bonds is 4. The van der Waals surface area contributed by atoms with Crippen molar-refractivity contribution in [2.45, 2.75) is 25.4 Å². The zero-order valence-electron chi connectivity index (χ0n) is 11.5. The lowest BCUT2D eigenvalue weighted by Gasteiger charge is -2.19. The zero-order valence-corrected chi connectivity index (χ0v) is 13.9. The smallest absolute Gasteiger partial charge is 0.320 e. The molecule has 2 aromatic rings. The van der Waals surface area contributed by atoms with Crippen LogP contribution in [0.15, 0.2) is 40.9 Å². The van der Waals surface area contributed by atoms with Gasteiger partial charge >= 0.3 is 5.97 Å². The Bertz CT molecular complexity index is 655. The predicted molar refractivity (Wildman–Crippen MR) is 88.5 cm³/mol. The molecule has 1 aromatic carbocycles. The number of thiophene rings is 1. The quantitative estimate of drug-likeness (QED) is 0.881. The summed E-state index contributed by atoms with van der Waals surface area (Å²) in [5.41, 5.74) is 1.19. The molecule has 1 atom stereocenters. The van der Waals surface area contributed by atoms with E-state index < -0.39 is 5.97 Å². The number of likely N-dealkylation sites (tertiary alicyclic amines) is 1. The highest BCUT2D eigenvalue weighted by molar-refractivity contribution is 9.10. The molecule has 1 aliphatic rings. The summed E-state index contributed by atoms with van der Waals surface area (Å²) in [6, 6.07) is 12.1. The molecule has 1 aliphatic heterocycles. The van der Waals surface area contributed by atoms with Crippen LogP contribution in [0.2, 0.25) is 0 Å². The van der Waals surface area contributed by atoms with E-state index in [1.54, 1.807) is 11.3 Å². The van der Waals surface area contributed by atoms with Crippen LogP contribution in [0.5, 0.6) is 0 Å². The summed E-state index contributed by atoms with van der Waals surface area (Å²) in [7, 11) is 0. The Labute approximate surface area is 136 Å². The Hall–Kier alpha value is -1.17. The van der Waals surface area contributed by atoms with Crippen molar-refractivity contribution in [1.29, 1.82) is 0 Å². The van der Waals surface area contributed by atoms with E-state index in [4.69, 9.17) is 0 Å². The Morgan fingerprint density at radius 1 is 1.33 bits per heavy atom. The van der Waals surface area contributed by atoms with Gasteiger partial charge in [-0.3, -0.25) is 9.69 Å². The van der Waals surface area contributed by atoms with Crippen LogP contribution in [0.25, 0.3) is 10.4 Å². The fourth-order valence-corrected chi connectivity index (χ4v) is 4.47. The first-order valence-corrected chi connectivity index (χ1v) is 8.56. The molecule has 110 valence electrons. The molecule has 2 heterocycles. The lowest BCUT2D eigenvalue weighted by molar-refractivity contribution is -0.142. The third kappa shape index (κ3) is 3.20. The Kier molecular flexibility index (Phi) is 4.42. The SMILES string of the molecule is O=C(O)[C@H]1CCCN1Cc1ccc(-c2ccccc2Br)s1. The Morgan fingerprint density at radius 3 is 2.90 bits per heavy atom. The first-order valence-electron chi connectivity index (χ1n) is 6.95. The molecule has 3 nitrogen and oxygen atoms in total. The van der Waals surface area contributed by atoms with E-state index in [-0.39, 0.29) is 6.04 Å². The average Bonchev–Trinajstić information content (AvgIpc) is 3.09. The number of carboxylic acid groups (broad SMARTS) is 1. The van der Waals surface area contributed by atoms with Crippen LogP contribution in [0, 0.1) is 0 Å². The Balaban J connectivity index is 1.77. The zero-order chi connectivity index (χ0) is 14.8. The van der Waals surface area contributed by atoms with Crippen molar-refractivity contribution in [3.63, 3.8) is 0 Å². The summed E-state index contributed by atoms with van der Waals surface area (Å²) in [4.78, 5) is 15.7. The number of hydrogen-bond donors (Lipinski definition) is 1. The number of benzene rings is 1. The second-order valence-electron chi connectivity index (χ2n) is 5.21. The minimum Gasteiger partial charge on any atom is -0.480 e. The highest BCUT2D eigenvalue weighted by Gasteiger charge is 2.30. The van der Waals surface area contributed by atoms with Crippen molar-refractivity contribution in [3.05, 3.63) is 45.7 Å². The molecule has 5 heteroatoms. The van der Waals surface area contributed by atoms with Crippen LogP contribution < -0.4 is 0 Å². The van der Waals surface area contributed by atoms with Crippen LogP contribution in [0.3, 0.4) is 0 Å². The standard InChI is InChI=1S/C16H16BrNO2S/c17-13-5-2-1-4-12(13)15-8-7-11(21-15)10-18-9-3-6-14(18)16(19)20/h1-2,4-5,7-8,14H,3,6,9-10H2,(H,19,20)/t14-/m1/s1. The molecule has 1 fully saturated rings. The average molecular weight is 366 g/mol. The molecule has 1 saturated heterocycles. The molecule has 0 saturated carbocycles. The fourth-order valence-electron chi connectivity index (χ4n) is 2.76. The molecule has 1 N–H and O–H groups in total. The van der Waals surface area contributed by atoms with E-state index in [9.17, 15) is 9.90 Å². The van der Waals surface area contributed by atoms with Gasteiger partial charge in [-0.05, 0) is 37.6 Å². The van der Waals surface area contributed by atoms with Crippen LogP contribution in [-0.4, -0.2) is 28.6 Å². The second-order valence-corrected chi connectivity index (χ2v) is 7.24. The summed E-state index contributed by atoms with van der Waals surface area (Å²) >= 11 is 5.31.